The smallest absolute Gasteiger partial charge is 0.0906 e. The first kappa shape index (κ1) is 8.18. The largest absolute Gasteiger partial charge is 0.315 e. The van der Waals surface area contributed by atoms with Gasteiger partial charge in [0.15, 0.2) is 0 Å². The van der Waals surface area contributed by atoms with E-state index in [9.17, 15) is 4.39 Å². The van der Waals surface area contributed by atoms with Crippen LogP contribution in [-0.2, 0) is 0 Å². The van der Waals surface area contributed by atoms with Crippen LogP contribution in [0.15, 0.2) is 0 Å². The zero-order chi connectivity index (χ0) is 6.24. The Hall–Kier alpha value is 0.180. The number of rotatable bonds is 5. The molecule has 50 valence electrons. The van der Waals surface area contributed by atoms with E-state index in [1.165, 1.54) is 0 Å². The van der Waals surface area contributed by atoms with E-state index in [2.05, 4.69) is 5.32 Å². The third kappa shape index (κ3) is 6.18. The molecule has 0 aromatic rings. The van der Waals surface area contributed by atoms with Crippen molar-refractivity contribution < 1.29 is 4.39 Å². The molecule has 0 saturated carbocycles. The molecule has 0 radical (unpaired) electrons. The monoisotopic (exact) mass is 139 g/mol. The minimum atomic E-state index is -0.241. The first-order chi connectivity index (χ1) is 3.91. The fourth-order valence-electron chi connectivity index (χ4n) is 0.384. The van der Waals surface area contributed by atoms with Crippen molar-refractivity contribution in [3.8, 4) is 0 Å². The number of alkyl halides is 2. The zero-order valence-corrected chi connectivity index (χ0v) is 5.55. The standard InChI is InChI=1S/C5H11ClFN/c6-2-5-8-4-1-3-7/h8H,1-5H2. The summed E-state index contributed by atoms with van der Waals surface area (Å²) in [6.45, 7) is 1.28. The first-order valence-electron chi connectivity index (χ1n) is 2.74. The van der Waals surface area contributed by atoms with Crippen molar-refractivity contribution in [1.82, 2.24) is 5.32 Å². The van der Waals surface area contributed by atoms with Crippen molar-refractivity contribution in [2.75, 3.05) is 25.6 Å². The zero-order valence-electron chi connectivity index (χ0n) is 4.79. The molecule has 0 amide bonds. The maximum absolute atomic E-state index is 11.3. The van der Waals surface area contributed by atoms with Gasteiger partial charge >= 0.3 is 0 Å². The Balaban J connectivity index is 2.53. The molecule has 0 rings (SSSR count). The number of halogens is 2. The molecule has 1 nitrogen and oxygen atoms in total. The fourth-order valence-corrected chi connectivity index (χ4v) is 0.517. The fraction of sp³-hybridized carbons (Fsp3) is 1.00. The van der Waals surface area contributed by atoms with E-state index < -0.39 is 0 Å². The molecule has 0 aliphatic carbocycles. The van der Waals surface area contributed by atoms with Gasteiger partial charge in [-0.15, -0.1) is 11.6 Å². The molecule has 3 heteroatoms. The van der Waals surface area contributed by atoms with E-state index in [0.29, 0.717) is 12.3 Å². The van der Waals surface area contributed by atoms with E-state index in [1.807, 2.05) is 0 Å². The highest BCUT2D eigenvalue weighted by atomic mass is 35.5. The third-order valence-corrected chi connectivity index (χ3v) is 0.947. The molecule has 0 heterocycles. The van der Waals surface area contributed by atoms with E-state index in [1.54, 1.807) is 0 Å². The molecular formula is C5H11ClFN. The van der Waals surface area contributed by atoms with E-state index in [0.717, 1.165) is 13.1 Å². The second-order valence-corrected chi connectivity index (χ2v) is 1.86. The highest BCUT2D eigenvalue weighted by molar-refractivity contribution is 6.18. The summed E-state index contributed by atoms with van der Waals surface area (Å²) in [7, 11) is 0. The van der Waals surface area contributed by atoms with Crippen LogP contribution in [0.25, 0.3) is 0 Å². The molecule has 0 spiro atoms. The summed E-state index contributed by atoms with van der Waals surface area (Å²) in [6, 6.07) is 0. The summed E-state index contributed by atoms with van der Waals surface area (Å²) in [4.78, 5) is 0. The molecule has 0 aliphatic rings. The van der Waals surface area contributed by atoms with Gasteiger partial charge in [0.2, 0.25) is 0 Å². The van der Waals surface area contributed by atoms with Crippen LogP contribution in [0.1, 0.15) is 6.42 Å². The number of hydrogen-bond acceptors (Lipinski definition) is 1. The van der Waals surface area contributed by atoms with Gasteiger partial charge in [-0.1, -0.05) is 0 Å². The molecule has 0 aromatic heterocycles. The molecule has 0 atom stereocenters. The maximum atomic E-state index is 11.3. The molecule has 8 heavy (non-hydrogen) atoms. The van der Waals surface area contributed by atoms with E-state index in [4.69, 9.17) is 11.6 Å². The van der Waals surface area contributed by atoms with Crippen molar-refractivity contribution >= 4 is 11.6 Å². The highest BCUT2D eigenvalue weighted by Crippen LogP contribution is 1.76. The Morgan fingerprint density at radius 1 is 1.38 bits per heavy atom. The highest BCUT2D eigenvalue weighted by Gasteiger charge is 1.83. The summed E-state index contributed by atoms with van der Waals surface area (Å²) in [6.07, 6.45) is 0.594. The summed E-state index contributed by atoms with van der Waals surface area (Å²) in [5, 5.41) is 2.96. The van der Waals surface area contributed by atoms with Crippen molar-refractivity contribution in [1.29, 1.82) is 0 Å². The Morgan fingerprint density at radius 3 is 2.62 bits per heavy atom. The average Bonchev–Trinajstić information content (AvgIpc) is 1.81. The lowest BCUT2D eigenvalue weighted by atomic mass is 10.5. The minimum absolute atomic E-state index is 0.241. The van der Waals surface area contributed by atoms with Crippen LogP contribution in [0.2, 0.25) is 0 Å². The second-order valence-electron chi connectivity index (χ2n) is 1.48. The van der Waals surface area contributed by atoms with Gasteiger partial charge in [0.05, 0.1) is 6.67 Å². The van der Waals surface area contributed by atoms with Gasteiger partial charge in [-0.2, -0.15) is 0 Å². The molecule has 1 N–H and O–H groups in total. The van der Waals surface area contributed by atoms with Crippen LogP contribution in [0, 0.1) is 0 Å². The second kappa shape index (κ2) is 7.18. The van der Waals surface area contributed by atoms with Gasteiger partial charge in [-0.05, 0) is 13.0 Å². The summed E-state index contributed by atoms with van der Waals surface area (Å²) in [5.74, 6) is 0.603. The SMILES string of the molecule is FCCCNCCCl. The minimum Gasteiger partial charge on any atom is -0.315 e. The van der Waals surface area contributed by atoms with Crippen LogP contribution in [0.4, 0.5) is 4.39 Å². The van der Waals surface area contributed by atoms with Gasteiger partial charge < -0.3 is 5.32 Å². The molecular weight excluding hydrogens is 129 g/mol. The molecule has 0 aliphatic heterocycles. The van der Waals surface area contributed by atoms with Gasteiger partial charge in [0.25, 0.3) is 0 Å². The van der Waals surface area contributed by atoms with E-state index in [-0.39, 0.29) is 6.67 Å². The third-order valence-electron chi connectivity index (χ3n) is 0.758. The molecule has 0 fully saturated rings. The maximum Gasteiger partial charge on any atom is 0.0906 e. The Labute approximate surface area is 54.2 Å². The summed E-state index contributed by atoms with van der Waals surface area (Å²) < 4.78 is 11.3. The lowest BCUT2D eigenvalue weighted by Crippen LogP contribution is -2.17. The molecule has 0 unspecified atom stereocenters. The summed E-state index contributed by atoms with van der Waals surface area (Å²) >= 11 is 5.32. The quantitative estimate of drug-likeness (QED) is 0.446. The Bertz CT molecular complexity index is 37.4. The van der Waals surface area contributed by atoms with Gasteiger partial charge in [-0.25, -0.2) is 0 Å². The van der Waals surface area contributed by atoms with Crippen molar-refractivity contribution in [3.63, 3.8) is 0 Å². The van der Waals surface area contributed by atoms with E-state index >= 15 is 0 Å². The topological polar surface area (TPSA) is 12.0 Å². The summed E-state index contributed by atoms with van der Waals surface area (Å²) in [5.41, 5.74) is 0. The average molecular weight is 140 g/mol. The van der Waals surface area contributed by atoms with Crippen molar-refractivity contribution in [2.45, 2.75) is 6.42 Å². The van der Waals surface area contributed by atoms with Crippen LogP contribution < -0.4 is 5.32 Å². The lowest BCUT2D eigenvalue weighted by molar-refractivity contribution is 0.462. The number of nitrogens with one attached hydrogen (secondary N) is 1. The number of hydrogen-bond donors (Lipinski definition) is 1. The van der Waals surface area contributed by atoms with Gasteiger partial charge in [0, 0.05) is 12.4 Å². The molecule has 0 aromatic carbocycles. The van der Waals surface area contributed by atoms with Gasteiger partial charge in [0.1, 0.15) is 0 Å². The van der Waals surface area contributed by atoms with Crippen molar-refractivity contribution in [3.05, 3.63) is 0 Å². The van der Waals surface area contributed by atoms with Crippen LogP contribution >= 0.6 is 11.6 Å². The molecule has 0 bridgehead atoms. The Morgan fingerprint density at radius 2 is 2.12 bits per heavy atom. The predicted octanol–water partition coefficient (Wildman–Crippen LogP) is 1.17. The first-order valence-corrected chi connectivity index (χ1v) is 3.28. The van der Waals surface area contributed by atoms with Crippen molar-refractivity contribution in [2.24, 2.45) is 0 Å². The molecule has 0 saturated heterocycles. The van der Waals surface area contributed by atoms with Crippen LogP contribution in [0.3, 0.4) is 0 Å². The lowest BCUT2D eigenvalue weighted by Gasteiger charge is -1.96. The van der Waals surface area contributed by atoms with Crippen LogP contribution in [0.5, 0.6) is 0 Å². The Kier molecular flexibility index (Phi) is 7.34. The predicted molar refractivity (Wildman–Crippen MR) is 34.2 cm³/mol. The van der Waals surface area contributed by atoms with Crippen LogP contribution in [-0.4, -0.2) is 25.6 Å². The van der Waals surface area contributed by atoms with Gasteiger partial charge in [-0.3, -0.25) is 4.39 Å². The normalized spacial score (nSPS) is 9.75.